The molecular formula is C9H19NO2. The predicted molar refractivity (Wildman–Crippen MR) is 49.1 cm³/mol. The summed E-state index contributed by atoms with van der Waals surface area (Å²) >= 11 is 0. The van der Waals surface area contributed by atoms with Crippen LogP contribution in [0.2, 0.25) is 0 Å². The summed E-state index contributed by atoms with van der Waals surface area (Å²) in [7, 11) is 0. The van der Waals surface area contributed by atoms with Crippen LogP contribution in [0.1, 0.15) is 33.6 Å². The summed E-state index contributed by atoms with van der Waals surface area (Å²) in [5, 5.41) is 2.71. The molecule has 0 aliphatic rings. The van der Waals surface area contributed by atoms with Gasteiger partial charge in [-0.3, -0.25) is 0 Å². The predicted octanol–water partition coefficient (Wildman–Crippen LogP) is 2.17. The number of rotatable bonds is 5. The van der Waals surface area contributed by atoms with Crippen LogP contribution in [0.4, 0.5) is 4.79 Å². The van der Waals surface area contributed by atoms with Gasteiger partial charge in [0.05, 0.1) is 6.61 Å². The fourth-order valence-corrected chi connectivity index (χ4v) is 0.648. The normalized spacial score (nSPS) is 12.2. The molecule has 0 aliphatic heterocycles. The Bertz CT molecular complexity index is 126. The minimum atomic E-state index is -0.294. The molecule has 0 spiro atoms. The first-order valence-corrected chi connectivity index (χ1v) is 4.61. The minimum Gasteiger partial charge on any atom is -0.450 e. The molecule has 0 saturated heterocycles. The summed E-state index contributed by atoms with van der Waals surface area (Å²) in [5.41, 5.74) is 0. The van der Waals surface area contributed by atoms with Crippen LogP contribution in [0.15, 0.2) is 0 Å². The van der Waals surface area contributed by atoms with Crippen LogP contribution in [-0.2, 0) is 4.74 Å². The van der Waals surface area contributed by atoms with Crippen molar-refractivity contribution in [3.8, 4) is 0 Å². The zero-order chi connectivity index (χ0) is 9.40. The van der Waals surface area contributed by atoms with Gasteiger partial charge in [0.15, 0.2) is 0 Å². The largest absolute Gasteiger partial charge is 0.450 e. The van der Waals surface area contributed by atoms with Crippen molar-refractivity contribution in [2.45, 2.75) is 33.6 Å². The molecule has 0 aliphatic carbocycles. The Morgan fingerprint density at radius 3 is 2.67 bits per heavy atom. The first kappa shape index (κ1) is 11.3. The van der Waals surface area contributed by atoms with Crippen molar-refractivity contribution in [1.82, 2.24) is 5.32 Å². The van der Waals surface area contributed by atoms with Gasteiger partial charge >= 0.3 is 6.09 Å². The lowest BCUT2D eigenvalue weighted by molar-refractivity contribution is 0.145. The molecule has 0 rings (SSSR count). The summed E-state index contributed by atoms with van der Waals surface area (Å²) in [5.74, 6) is 0.527. The molecule has 0 aromatic carbocycles. The summed E-state index contributed by atoms with van der Waals surface area (Å²) in [6.07, 6.45) is 1.65. The Hall–Kier alpha value is -0.730. The first-order valence-electron chi connectivity index (χ1n) is 4.61. The van der Waals surface area contributed by atoms with Crippen molar-refractivity contribution in [1.29, 1.82) is 0 Å². The van der Waals surface area contributed by atoms with E-state index in [1.807, 2.05) is 6.92 Å². The van der Waals surface area contributed by atoms with E-state index in [1.54, 1.807) is 0 Å². The van der Waals surface area contributed by atoms with Crippen molar-refractivity contribution in [2.75, 3.05) is 13.2 Å². The third kappa shape index (κ3) is 6.01. The fraction of sp³-hybridized carbons (Fsp3) is 0.889. The van der Waals surface area contributed by atoms with Crippen LogP contribution < -0.4 is 5.32 Å². The third-order valence-corrected chi connectivity index (χ3v) is 1.73. The minimum absolute atomic E-state index is 0.294. The van der Waals surface area contributed by atoms with Crippen LogP contribution in [0.3, 0.4) is 0 Å². The fourth-order valence-electron chi connectivity index (χ4n) is 0.648. The molecule has 0 aromatic heterocycles. The lowest BCUT2D eigenvalue weighted by Crippen LogP contribution is -2.28. The van der Waals surface area contributed by atoms with Crippen molar-refractivity contribution in [3.05, 3.63) is 0 Å². The number of ether oxygens (including phenoxy) is 1. The Kier molecular flexibility index (Phi) is 6.53. The molecule has 0 saturated carbocycles. The molecule has 0 fully saturated rings. The second-order valence-electron chi connectivity index (χ2n) is 3.03. The van der Waals surface area contributed by atoms with Crippen LogP contribution >= 0.6 is 0 Å². The molecule has 3 nitrogen and oxygen atoms in total. The molecule has 3 heteroatoms. The van der Waals surface area contributed by atoms with Gasteiger partial charge in [0, 0.05) is 6.54 Å². The highest BCUT2D eigenvalue weighted by molar-refractivity contribution is 5.66. The summed E-state index contributed by atoms with van der Waals surface area (Å²) in [4.78, 5) is 10.9. The maximum Gasteiger partial charge on any atom is 0.407 e. The number of carbonyl (C=O) groups excluding carboxylic acids is 1. The monoisotopic (exact) mass is 173 g/mol. The molecule has 12 heavy (non-hydrogen) atoms. The van der Waals surface area contributed by atoms with Crippen molar-refractivity contribution in [3.63, 3.8) is 0 Å². The topological polar surface area (TPSA) is 38.3 Å². The highest BCUT2D eigenvalue weighted by atomic mass is 16.5. The molecule has 0 heterocycles. The van der Waals surface area contributed by atoms with Crippen molar-refractivity contribution in [2.24, 2.45) is 5.92 Å². The summed E-state index contributed by atoms with van der Waals surface area (Å²) in [6.45, 7) is 7.39. The third-order valence-electron chi connectivity index (χ3n) is 1.73. The summed E-state index contributed by atoms with van der Waals surface area (Å²) in [6, 6.07) is 0. The van der Waals surface area contributed by atoms with E-state index >= 15 is 0 Å². The number of hydrogen-bond acceptors (Lipinski definition) is 2. The standard InChI is InChI=1S/C9H19NO2/c1-4-6-12-9(11)10-7-8(3)5-2/h8H,4-7H2,1-3H3,(H,10,11). The molecule has 1 N–H and O–H groups in total. The van der Waals surface area contributed by atoms with E-state index in [9.17, 15) is 4.79 Å². The molecule has 1 unspecified atom stereocenters. The van der Waals surface area contributed by atoms with Gasteiger partial charge in [-0.15, -0.1) is 0 Å². The van der Waals surface area contributed by atoms with Gasteiger partial charge in [0.1, 0.15) is 0 Å². The Morgan fingerprint density at radius 1 is 1.50 bits per heavy atom. The van der Waals surface area contributed by atoms with Gasteiger partial charge in [0.25, 0.3) is 0 Å². The average Bonchev–Trinajstić information content (AvgIpc) is 2.10. The van der Waals surface area contributed by atoms with Crippen LogP contribution in [0.5, 0.6) is 0 Å². The molecular weight excluding hydrogens is 154 g/mol. The zero-order valence-electron chi connectivity index (χ0n) is 8.22. The lowest BCUT2D eigenvalue weighted by Gasteiger charge is -2.09. The van der Waals surface area contributed by atoms with Crippen LogP contribution in [0.25, 0.3) is 0 Å². The van der Waals surface area contributed by atoms with Crippen LogP contribution in [0, 0.1) is 5.92 Å². The number of hydrogen-bond donors (Lipinski definition) is 1. The number of nitrogens with one attached hydrogen (secondary N) is 1. The van der Waals surface area contributed by atoms with Gasteiger partial charge in [-0.1, -0.05) is 27.2 Å². The van der Waals surface area contributed by atoms with Crippen molar-refractivity contribution < 1.29 is 9.53 Å². The van der Waals surface area contributed by atoms with Gasteiger partial charge in [-0.05, 0) is 12.3 Å². The van der Waals surface area contributed by atoms with E-state index in [0.29, 0.717) is 19.1 Å². The first-order chi connectivity index (χ1) is 5.70. The molecule has 72 valence electrons. The maximum atomic E-state index is 10.9. The van der Waals surface area contributed by atoms with E-state index in [4.69, 9.17) is 4.74 Å². The van der Waals surface area contributed by atoms with Crippen LogP contribution in [-0.4, -0.2) is 19.2 Å². The number of carbonyl (C=O) groups is 1. The average molecular weight is 173 g/mol. The Morgan fingerprint density at radius 2 is 2.17 bits per heavy atom. The van der Waals surface area contributed by atoms with Crippen molar-refractivity contribution >= 4 is 6.09 Å². The highest BCUT2D eigenvalue weighted by Crippen LogP contribution is 1.97. The van der Waals surface area contributed by atoms with E-state index < -0.39 is 0 Å². The zero-order valence-corrected chi connectivity index (χ0v) is 8.22. The molecule has 1 atom stereocenters. The Balaban J connectivity index is 3.31. The summed E-state index contributed by atoms with van der Waals surface area (Å²) < 4.78 is 4.84. The molecule has 0 aromatic rings. The Labute approximate surface area is 74.5 Å². The molecule has 0 radical (unpaired) electrons. The number of alkyl carbamates (subject to hydrolysis) is 1. The van der Waals surface area contributed by atoms with E-state index in [-0.39, 0.29) is 6.09 Å². The quantitative estimate of drug-likeness (QED) is 0.692. The van der Waals surface area contributed by atoms with E-state index in [2.05, 4.69) is 19.2 Å². The smallest absolute Gasteiger partial charge is 0.407 e. The highest BCUT2D eigenvalue weighted by Gasteiger charge is 2.02. The number of amides is 1. The molecule has 0 bridgehead atoms. The van der Waals surface area contributed by atoms with E-state index in [0.717, 1.165) is 12.8 Å². The van der Waals surface area contributed by atoms with Gasteiger partial charge < -0.3 is 10.1 Å². The van der Waals surface area contributed by atoms with Gasteiger partial charge in [-0.25, -0.2) is 4.79 Å². The van der Waals surface area contributed by atoms with E-state index in [1.165, 1.54) is 0 Å². The maximum absolute atomic E-state index is 10.9. The van der Waals surface area contributed by atoms with Gasteiger partial charge in [-0.2, -0.15) is 0 Å². The SMILES string of the molecule is CCCOC(=O)NCC(C)CC. The van der Waals surface area contributed by atoms with Gasteiger partial charge in [0.2, 0.25) is 0 Å². The second kappa shape index (κ2) is 6.95. The second-order valence-corrected chi connectivity index (χ2v) is 3.03. The lowest BCUT2D eigenvalue weighted by atomic mass is 10.1. The molecule has 1 amide bonds.